The summed E-state index contributed by atoms with van der Waals surface area (Å²) in [4.78, 5) is 37.9. The lowest BCUT2D eigenvalue weighted by atomic mass is 9.84. The molecule has 2 aliphatic rings. The molecule has 0 radical (unpaired) electrons. The smallest absolute Gasteiger partial charge is 0.306 e. The van der Waals surface area contributed by atoms with Crippen molar-refractivity contribution in [2.45, 2.75) is 52.0 Å². The fourth-order valence-corrected chi connectivity index (χ4v) is 3.97. The molecule has 1 aliphatic carbocycles. The molecule has 1 saturated carbocycles. The number of hydrogen-bond donors (Lipinski definition) is 1. The molecule has 2 aromatic rings. The minimum Gasteiger partial charge on any atom is -0.466 e. The van der Waals surface area contributed by atoms with Crippen LogP contribution in [-0.2, 0) is 32.1 Å². The molecule has 1 N–H and O–H groups in total. The van der Waals surface area contributed by atoms with E-state index in [1.54, 1.807) is 6.92 Å². The van der Waals surface area contributed by atoms with Crippen molar-refractivity contribution in [1.82, 2.24) is 4.90 Å². The van der Waals surface area contributed by atoms with E-state index >= 15 is 0 Å². The Labute approximate surface area is 181 Å². The highest BCUT2D eigenvalue weighted by molar-refractivity contribution is 5.92. The van der Waals surface area contributed by atoms with Gasteiger partial charge in [-0.25, -0.2) is 0 Å². The zero-order valence-electron chi connectivity index (χ0n) is 17.8. The predicted octanol–water partition coefficient (Wildman–Crippen LogP) is 3.91. The third kappa shape index (κ3) is 4.98. The number of furan rings is 1. The molecular formula is C24H28N2O5. The summed E-state index contributed by atoms with van der Waals surface area (Å²) in [5.41, 5.74) is 2.65. The molecule has 31 heavy (non-hydrogen) atoms. The summed E-state index contributed by atoms with van der Waals surface area (Å²) < 4.78 is 10.9. The van der Waals surface area contributed by atoms with Crippen LogP contribution in [0.5, 0.6) is 0 Å². The largest absolute Gasteiger partial charge is 0.466 e. The quantitative estimate of drug-likeness (QED) is 0.681. The Balaban J connectivity index is 1.34. The van der Waals surface area contributed by atoms with Gasteiger partial charge in [0.15, 0.2) is 0 Å². The molecule has 7 heteroatoms. The Hall–Kier alpha value is -3.09. The molecular weight excluding hydrogens is 396 g/mol. The molecule has 1 fully saturated rings. The van der Waals surface area contributed by atoms with E-state index in [4.69, 9.17) is 9.15 Å². The topological polar surface area (TPSA) is 88.8 Å². The molecule has 1 aliphatic heterocycles. The first-order chi connectivity index (χ1) is 15.0. The van der Waals surface area contributed by atoms with Crippen LogP contribution in [-0.4, -0.2) is 35.8 Å². The molecule has 0 unspecified atom stereocenters. The number of fused-ring (bicyclic) bond motifs is 1. The Kier molecular flexibility index (Phi) is 6.39. The van der Waals surface area contributed by atoms with E-state index in [1.807, 2.05) is 35.2 Å². The predicted molar refractivity (Wildman–Crippen MR) is 115 cm³/mol. The third-order valence-electron chi connectivity index (χ3n) is 5.95. The highest BCUT2D eigenvalue weighted by Gasteiger charge is 2.32. The zero-order valence-corrected chi connectivity index (χ0v) is 17.8. The Morgan fingerprint density at radius 3 is 2.61 bits per heavy atom. The average molecular weight is 424 g/mol. The lowest BCUT2D eigenvalue weighted by molar-refractivity contribution is -0.144. The number of amides is 2. The van der Waals surface area contributed by atoms with E-state index in [0.717, 1.165) is 48.3 Å². The number of nitrogens with zero attached hydrogens (tertiary/aromatic N) is 1. The number of rotatable bonds is 7. The van der Waals surface area contributed by atoms with Gasteiger partial charge in [0, 0.05) is 48.7 Å². The lowest BCUT2D eigenvalue weighted by Crippen LogP contribution is -2.41. The van der Waals surface area contributed by atoms with Gasteiger partial charge in [-0.1, -0.05) is 6.42 Å². The first-order valence-corrected chi connectivity index (χ1v) is 11.0. The summed E-state index contributed by atoms with van der Waals surface area (Å²) in [6.45, 7) is 3.38. The summed E-state index contributed by atoms with van der Waals surface area (Å²) in [5, 5.41) is 2.79. The van der Waals surface area contributed by atoms with Crippen LogP contribution in [0.15, 0.2) is 34.7 Å². The lowest BCUT2D eigenvalue weighted by Gasteiger charge is -2.33. The number of carbonyl (C=O) groups is 3. The molecule has 0 bridgehead atoms. The van der Waals surface area contributed by atoms with Crippen molar-refractivity contribution in [1.29, 1.82) is 0 Å². The van der Waals surface area contributed by atoms with E-state index in [0.29, 0.717) is 25.4 Å². The number of ether oxygens (including phenoxy) is 1. The summed E-state index contributed by atoms with van der Waals surface area (Å²) in [7, 11) is 0. The SMILES string of the molecule is CCOC(=O)CCC(=O)Nc1ccc(-c2cc3c(o2)CCN(C(=O)C2CCC2)C3)cc1. The first-order valence-electron chi connectivity index (χ1n) is 11.0. The highest BCUT2D eigenvalue weighted by Crippen LogP contribution is 2.33. The minimum absolute atomic E-state index is 0.0654. The van der Waals surface area contributed by atoms with E-state index in [-0.39, 0.29) is 36.5 Å². The van der Waals surface area contributed by atoms with Crippen molar-refractivity contribution in [3.05, 3.63) is 41.7 Å². The van der Waals surface area contributed by atoms with Crippen molar-refractivity contribution in [3.8, 4) is 11.3 Å². The Bertz CT molecular complexity index is 959. The second kappa shape index (κ2) is 9.37. The van der Waals surface area contributed by atoms with E-state index < -0.39 is 0 Å². The second-order valence-corrected chi connectivity index (χ2v) is 8.13. The first kappa shape index (κ1) is 21.2. The van der Waals surface area contributed by atoms with Gasteiger partial charge in [0.2, 0.25) is 11.8 Å². The molecule has 1 aromatic heterocycles. The number of anilines is 1. The average Bonchev–Trinajstić information content (AvgIpc) is 3.15. The van der Waals surface area contributed by atoms with Crippen molar-refractivity contribution < 1.29 is 23.5 Å². The van der Waals surface area contributed by atoms with E-state index in [1.165, 1.54) is 0 Å². The van der Waals surface area contributed by atoms with E-state index in [2.05, 4.69) is 5.32 Å². The van der Waals surface area contributed by atoms with Gasteiger partial charge in [0.05, 0.1) is 13.0 Å². The molecule has 0 spiro atoms. The van der Waals surface area contributed by atoms with Crippen LogP contribution in [0.3, 0.4) is 0 Å². The maximum atomic E-state index is 12.5. The molecule has 7 nitrogen and oxygen atoms in total. The molecule has 1 aromatic carbocycles. The van der Waals surface area contributed by atoms with Crippen molar-refractivity contribution in [2.24, 2.45) is 5.92 Å². The van der Waals surface area contributed by atoms with Gasteiger partial charge in [-0.15, -0.1) is 0 Å². The standard InChI is InChI=1S/C24H28N2O5/c1-2-30-23(28)11-10-22(27)25-19-8-6-16(7-9-19)21-14-18-15-26(13-12-20(18)31-21)24(29)17-4-3-5-17/h6-9,14,17H,2-5,10-13,15H2,1H3,(H,25,27). The van der Waals surface area contributed by atoms with Crippen LogP contribution in [0, 0.1) is 5.92 Å². The van der Waals surface area contributed by atoms with Crippen molar-refractivity contribution in [3.63, 3.8) is 0 Å². The van der Waals surface area contributed by atoms with Gasteiger partial charge in [-0.2, -0.15) is 0 Å². The van der Waals surface area contributed by atoms with Gasteiger partial charge in [-0.05, 0) is 50.1 Å². The van der Waals surface area contributed by atoms with Crippen LogP contribution < -0.4 is 5.32 Å². The minimum atomic E-state index is -0.372. The van der Waals surface area contributed by atoms with Crippen LogP contribution >= 0.6 is 0 Å². The number of nitrogens with one attached hydrogen (secondary N) is 1. The van der Waals surface area contributed by atoms with Gasteiger partial charge < -0.3 is 19.4 Å². The molecule has 0 saturated heterocycles. The number of hydrogen-bond acceptors (Lipinski definition) is 5. The van der Waals surface area contributed by atoms with Crippen LogP contribution in [0.25, 0.3) is 11.3 Å². The van der Waals surface area contributed by atoms with Crippen molar-refractivity contribution >= 4 is 23.5 Å². The zero-order chi connectivity index (χ0) is 21.8. The van der Waals surface area contributed by atoms with Crippen LogP contribution in [0.1, 0.15) is 50.4 Å². The second-order valence-electron chi connectivity index (χ2n) is 8.13. The monoisotopic (exact) mass is 424 g/mol. The summed E-state index contributed by atoms with van der Waals surface area (Å²) in [6, 6.07) is 9.42. The summed E-state index contributed by atoms with van der Waals surface area (Å²) >= 11 is 0. The normalized spacial score (nSPS) is 15.7. The van der Waals surface area contributed by atoms with Gasteiger partial charge in [0.25, 0.3) is 0 Å². The van der Waals surface area contributed by atoms with Crippen LogP contribution in [0.4, 0.5) is 5.69 Å². The molecule has 4 rings (SSSR count). The summed E-state index contributed by atoms with van der Waals surface area (Å²) in [5.74, 6) is 1.61. The fourth-order valence-electron chi connectivity index (χ4n) is 3.97. The maximum Gasteiger partial charge on any atom is 0.306 e. The van der Waals surface area contributed by atoms with Crippen molar-refractivity contribution in [2.75, 3.05) is 18.5 Å². The van der Waals surface area contributed by atoms with Crippen LogP contribution in [0.2, 0.25) is 0 Å². The summed E-state index contributed by atoms with van der Waals surface area (Å²) in [6.07, 6.45) is 4.09. The number of carbonyl (C=O) groups excluding carboxylic acids is 3. The van der Waals surface area contributed by atoms with Gasteiger partial charge >= 0.3 is 5.97 Å². The molecule has 164 valence electrons. The molecule has 0 atom stereocenters. The molecule has 2 heterocycles. The Morgan fingerprint density at radius 2 is 1.94 bits per heavy atom. The van der Waals surface area contributed by atoms with E-state index in [9.17, 15) is 14.4 Å². The molecule has 2 amide bonds. The highest BCUT2D eigenvalue weighted by atomic mass is 16.5. The maximum absolute atomic E-state index is 12.5. The van der Waals surface area contributed by atoms with Gasteiger partial charge in [-0.3, -0.25) is 14.4 Å². The fraction of sp³-hybridized carbons (Fsp3) is 0.458. The number of benzene rings is 1. The third-order valence-corrected chi connectivity index (χ3v) is 5.95. The number of esters is 1. The van der Waals surface area contributed by atoms with Gasteiger partial charge in [0.1, 0.15) is 11.5 Å². The Morgan fingerprint density at radius 1 is 1.16 bits per heavy atom.